The molecule has 3 aromatic rings. The number of hydrogen-bond acceptors (Lipinski definition) is 7. The minimum atomic E-state index is -1.05. The molecule has 0 fully saturated rings. The van der Waals surface area contributed by atoms with E-state index in [-0.39, 0.29) is 30.9 Å². The minimum absolute atomic E-state index is 0.0251. The van der Waals surface area contributed by atoms with Gasteiger partial charge < -0.3 is 29.7 Å². The number of aromatic amines is 1. The summed E-state index contributed by atoms with van der Waals surface area (Å²) < 4.78 is 5.67. The molecule has 0 bridgehead atoms. The minimum Gasteiger partial charge on any atom is -0.466 e. The summed E-state index contributed by atoms with van der Waals surface area (Å²) >= 11 is 0. The number of pyridine rings is 1. The van der Waals surface area contributed by atoms with E-state index in [4.69, 9.17) is 0 Å². The molecule has 3 rings (SSSR count). The van der Waals surface area contributed by atoms with Crippen molar-refractivity contribution in [3.05, 3.63) is 70.9 Å². The van der Waals surface area contributed by atoms with Gasteiger partial charge in [-0.3, -0.25) is 14.4 Å². The number of H-pyrrole nitrogens is 1. The molecule has 0 saturated heterocycles. The van der Waals surface area contributed by atoms with Crippen LogP contribution in [0.1, 0.15) is 23.5 Å². The van der Waals surface area contributed by atoms with Gasteiger partial charge in [0.05, 0.1) is 24.7 Å². The highest BCUT2D eigenvalue weighted by molar-refractivity contribution is 6.00. The molecule has 34 heavy (non-hydrogen) atoms. The second kappa shape index (κ2) is 11.4. The molecule has 176 valence electrons. The van der Waals surface area contributed by atoms with E-state index in [2.05, 4.69) is 25.3 Å². The number of benzene rings is 1. The van der Waals surface area contributed by atoms with Crippen LogP contribution in [0, 0.1) is 0 Å². The number of esters is 1. The second-order valence-electron chi connectivity index (χ2n) is 7.17. The van der Waals surface area contributed by atoms with E-state index >= 15 is 0 Å². The largest absolute Gasteiger partial charge is 0.466 e. The van der Waals surface area contributed by atoms with Crippen molar-refractivity contribution in [2.45, 2.75) is 25.4 Å². The summed E-state index contributed by atoms with van der Waals surface area (Å²) in [7, 11) is 1.24. The van der Waals surface area contributed by atoms with E-state index < -0.39 is 29.4 Å². The van der Waals surface area contributed by atoms with Crippen molar-refractivity contribution in [2.24, 2.45) is 0 Å². The van der Waals surface area contributed by atoms with Crippen LogP contribution in [0.25, 0.3) is 11.0 Å². The number of carbonyl (C=O) groups excluding carboxylic acids is 4. The number of nitrogens with zero attached hydrogens (tertiary/aromatic N) is 2. The highest BCUT2D eigenvalue weighted by atomic mass is 16.5. The zero-order valence-electron chi connectivity index (χ0n) is 18.3. The Morgan fingerprint density at radius 1 is 1.21 bits per heavy atom. The van der Waals surface area contributed by atoms with Crippen LogP contribution in [-0.2, 0) is 25.7 Å². The number of hydrogen-bond donors (Lipinski definition) is 3. The molecule has 11 heteroatoms. The zero-order chi connectivity index (χ0) is 24.5. The number of amides is 2. The quantitative estimate of drug-likeness (QED) is 0.231. The summed E-state index contributed by atoms with van der Waals surface area (Å²) in [4.78, 5) is 67.4. The molecular formula is C23H23N5O6. The first-order chi connectivity index (χ1) is 16.4. The Hall–Kier alpha value is -4.54. The average molecular weight is 465 g/mol. The number of aldehydes is 1. The van der Waals surface area contributed by atoms with E-state index in [1.54, 1.807) is 24.3 Å². The van der Waals surface area contributed by atoms with Gasteiger partial charge in [0, 0.05) is 12.3 Å². The van der Waals surface area contributed by atoms with Gasteiger partial charge in [-0.15, -0.1) is 0 Å². The number of allylic oxidation sites excluding steroid dienone is 1. The van der Waals surface area contributed by atoms with E-state index in [0.29, 0.717) is 17.3 Å². The van der Waals surface area contributed by atoms with Gasteiger partial charge in [0.15, 0.2) is 5.82 Å². The summed E-state index contributed by atoms with van der Waals surface area (Å²) in [5.74, 6) is -1.78. The number of aromatic nitrogens is 3. The lowest BCUT2D eigenvalue weighted by molar-refractivity contribution is -0.134. The molecule has 1 aromatic carbocycles. The first-order valence-electron chi connectivity index (χ1n) is 10.4. The van der Waals surface area contributed by atoms with Gasteiger partial charge in [0.25, 0.3) is 11.5 Å². The van der Waals surface area contributed by atoms with Crippen LogP contribution in [0.3, 0.4) is 0 Å². The van der Waals surface area contributed by atoms with Gasteiger partial charge in [0.1, 0.15) is 18.0 Å². The number of para-hydroxylation sites is 2. The third-order valence-corrected chi connectivity index (χ3v) is 4.85. The van der Waals surface area contributed by atoms with Crippen LogP contribution in [0.2, 0.25) is 0 Å². The Labute approximate surface area is 193 Å². The van der Waals surface area contributed by atoms with E-state index in [1.807, 2.05) is 0 Å². The van der Waals surface area contributed by atoms with Crippen LogP contribution < -0.4 is 16.2 Å². The molecule has 0 unspecified atom stereocenters. The molecule has 1 atom stereocenters. The molecule has 2 amide bonds. The monoisotopic (exact) mass is 465 g/mol. The highest BCUT2D eigenvalue weighted by Gasteiger charge is 2.23. The Bertz CT molecular complexity index is 1260. The van der Waals surface area contributed by atoms with E-state index in [0.717, 1.165) is 4.57 Å². The van der Waals surface area contributed by atoms with Gasteiger partial charge in [0.2, 0.25) is 5.91 Å². The van der Waals surface area contributed by atoms with Gasteiger partial charge in [-0.2, -0.15) is 0 Å². The lowest BCUT2D eigenvalue weighted by Crippen LogP contribution is -2.44. The maximum absolute atomic E-state index is 13.0. The molecule has 2 aromatic heterocycles. The van der Waals surface area contributed by atoms with Crippen molar-refractivity contribution in [2.75, 3.05) is 12.4 Å². The first-order valence-corrected chi connectivity index (χ1v) is 10.4. The summed E-state index contributed by atoms with van der Waals surface area (Å²) in [6.45, 7) is -0.160. The average Bonchev–Trinajstić information content (AvgIpc) is 3.28. The van der Waals surface area contributed by atoms with Crippen molar-refractivity contribution in [1.82, 2.24) is 19.9 Å². The molecule has 0 aliphatic carbocycles. The number of ether oxygens (including phenoxy) is 1. The Balaban J connectivity index is 1.78. The summed E-state index contributed by atoms with van der Waals surface area (Å²) in [5.41, 5.74) is 0.655. The lowest BCUT2D eigenvalue weighted by atomic mass is 10.1. The van der Waals surface area contributed by atoms with Gasteiger partial charge in [-0.25, -0.2) is 9.78 Å². The maximum atomic E-state index is 13.0. The highest BCUT2D eigenvalue weighted by Crippen LogP contribution is 2.11. The Kier molecular flexibility index (Phi) is 8.06. The molecule has 0 spiro atoms. The van der Waals surface area contributed by atoms with Crippen LogP contribution in [0.5, 0.6) is 0 Å². The van der Waals surface area contributed by atoms with Crippen LogP contribution >= 0.6 is 0 Å². The zero-order valence-corrected chi connectivity index (χ0v) is 18.3. The van der Waals surface area contributed by atoms with Crippen LogP contribution in [-0.4, -0.2) is 51.8 Å². The molecule has 0 saturated carbocycles. The smallest absolute Gasteiger partial charge is 0.330 e. The third kappa shape index (κ3) is 6.03. The van der Waals surface area contributed by atoms with Gasteiger partial charge in [-0.05, 0) is 37.1 Å². The molecular weight excluding hydrogens is 442 g/mol. The second-order valence-corrected chi connectivity index (χ2v) is 7.17. The topological polar surface area (TPSA) is 152 Å². The van der Waals surface area contributed by atoms with Crippen LogP contribution in [0.15, 0.2) is 59.5 Å². The van der Waals surface area contributed by atoms with Crippen LogP contribution in [0.4, 0.5) is 5.69 Å². The summed E-state index contributed by atoms with van der Waals surface area (Å²) in [6, 6.07) is 8.95. The lowest BCUT2D eigenvalue weighted by Gasteiger charge is -2.17. The van der Waals surface area contributed by atoms with Crippen molar-refractivity contribution < 1.29 is 23.9 Å². The fraction of sp³-hybridized carbons (Fsp3) is 0.217. The SMILES string of the molecule is COC(=O)/C=C/CC[C@H](NC(=O)c1nc2ccccc2[nH]1)C(=O)Nc1cccn(CC=O)c1=O. The number of imidazole rings is 1. The number of rotatable bonds is 10. The predicted molar refractivity (Wildman–Crippen MR) is 123 cm³/mol. The Morgan fingerprint density at radius 2 is 2.00 bits per heavy atom. The molecule has 0 aliphatic heterocycles. The third-order valence-electron chi connectivity index (χ3n) is 4.85. The molecule has 11 nitrogen and oxygen atoms in total. The number of anilines is 1. The molecule has 0 radical (unpaired) electrons. The van der Waals surface area contributed by atoms with E-state index in [9.17, 15) is 24.0 Å². The summed E-state index contributed by atoms with van der Waals surface area (Å²) in [5, 5.41) is 5.12. The predicted octanol–water partition coefficient (Wildman–Crippen LogP) is 1.17. The number of carbonyl (C=O) groups is 4. The number of methoxy groups -OCH3 is 1. The van der Waals surface area contributed by atoms with Crippen molar-refractivity contribution >= 4 is 40.8 Å². The molecule has 3 N–H and O–H groups in total. The number of fused-ring (bicyclic) bond motifs is 1. The number of nitrogens with one attached hydrogen (secondary N) is 3. The molecule has 0 aliphatic rings. The fourth-order valence-electron chi connectivity index (χ4n) is 3.14. The van der Waals surface area contributed by atoms with E-state index in [1.165, 1.54) is 37.6 Å². The standard InChI is InChI=1S/C23H23N5O6/c1-34-19(30)11-5-4-9-17(21(31)27-18-10-6-12-28(13-14-29)23(18)33)26-22(32)20-24-15-7-2-3-8-16(15)25-20/h2-3,5-8,10-12,14,17H,4,9,13H2,1H3,(H,24,25)(H,26,32)(H,27,31)/b11-5+/t17-/m0/s1. The van der Waals surface area contributed by atoms with Crippen molar-refractivity contribution in [3.8, 4) is 0 Å². The van der Waals surface area contributed by atoms with Gasteiger partial charge >= 0.3 is 5.97 Å². The normalized spacial score (nSPS) is 11.8. The van der Waals surface area contributed by atoms with Crippen molar-refractivity contribution in [3.63, 3.8) is 0 Å². The maximum Gasteiger partial charge on any atom is 0.330 e. The fourth-order valence-corrected chi connectivity index (χ4v) is 3.14. The molecule has 2 heterocycles. The summed E-state index contributed by atoms with van der Waals surface area (Å²) in [6.07, 6.45) is 5.10. The Morgan fingerprint density at radius 3 is 2.74 bits per heavy atom. The van der Waals surface area contributed by atoms with Crippen molar-refractivity contribution in [1.29, 1.82) is 0 Å². The van der Waals surface area contributed by atoms with Gasteiger partial charge in [-0.1, -0.05) is 18.2 Å². The first kappa shape index (κ1) is 24.1.